The van der Waals surface area contributed by atoms with E-state index in [0.717, 1.165) is 24.6 Å². The molecule has 40 heavy (non-hydrogen) atoms. The summed E-state index contributed by atoms with van der Waals surface area (Å²) in [6.45, 7) is 5.12. The van der Waals surface area contributed by atoms with Gasteiger partial charge in [-0.15, -0.1) is 0 Å². The van der Waals surface area contributed by atoms with Crippen molar-refractivity contribution in [2.24, 2.45) is 23.5 Å². The Morgan fingerprint density at radius 1 is 1.20 bits per heavy atom. The Hall–Kier alpha value is -1.35. The van der Waals surface area contributed by atoms with Gasteiger partial charge in [0.1, 0.15) is 36.3 Å². The van der Waals surface area contributed by atoms with Crippen molar-refractivity contribution in [2.75, 3.05) is 32.8 Å². The van der Waals surface area contributed by atoms with E-state index in [1.54, 1.807) is 0 Å². The molecule has 0 aromatic heterocycles. The molecule has 5 rings (SSSR count). The number of aliphatic hydroxyl groups excluding tert-OH is 3. The van der Waals surface area contributed by atoms with E-state index in [1.807, 2.05) is 6.92 Å². The van der Waals surface area contributed by atoms with Crippen molar-refractivity contribution in [3.8, 4) is 0 Å². The maximum absolute atomic E-state index is 12.9. The lowest BCUT2D eigenvalue weighted by atomic mass is 9.83. The fraction of sp³-hybridized carbons (Fsp3) is 0.893. The molecule has 2 aliphatic carbocycles. The molecular weight excluding hydrogens is 520 g/mol. The van der Waals surface area contributed by atoms with Crippen LogP contribution in [-0.4, -0.2) is 109 Å². The van der Waals surface area contributed by atoms with Crippen LogP contribution in [0.2, 0.25) is 0 Å². The first-order valence-electron chi connectivity index (χ1n) is 15.1. The monoisotopic (exact) mass is 568 g/mol. The third kappa shape index (κ3) is 7.34. The molecule has 10 atom stereocenters. The Morgan fingerprint density at radius 3 is 2.67 bits per heavy atom. The summed E-state index contributed by atoms with van der Waals surface area (Å²) < 4.78 is 24.3. The molecule has 0 radical (unpaired) electrons. The van der Waals surface area contributed by atoms with Gasteiger partial charge in [0.15, 0.2) is 12.6 Å². The van der Waals surface area contributed by atoms with Gasteiger partial charge >= 0.3 is 0 Å². The summed E-state index contributed by atoms with van der Waals surface area (Å²) in [6, 6.07) is -1.34. The average molecular weight is 569 g/mol. The van der Waals surface area contributed by atoms with Gasteiger partial charge < -0.3 is 56.0 Å². The van der Waals surface area contributed by atoms with Gasteiger partial charge in [0, 0.05) is 31.5 Å². The number of carbonyl (C=O) groups is 1. The molecule has 4 fully saturated rings. The smallest absolute Gasteiger partial charge is 0.249 e. The Bertz CT molecular complexity index is 871. The van der Waals surface area contributed by atoms with Gasteiger partial charge in [0.2, 0.25) is 5.91 Å². The van der Waals surface area contributed by atoms with Crippen LogP contribution in [0.15, 0.2) is 11.8 Å². The van der Waals surface area contributed by atoms with Crippen LogP contribution >= 0.6 is 0 Å². The van der Waals surface area contributed by atoms with Gasteiger partial charge in [-0.25, -0.2) is 0 Å². The molecule has 0 bridgehead atoms. The molecule has 12 nitrogen and oxygen atoms in total. The molecule has 0 aromatic rings. The van der Waals surface area contributed by atoms with Crippen LogP contribution in [-0.2, 0) is 23.7 Å². The zero-order valence-electron chi connectivity index (χ0n) is 23.5. The molecule has 3 heterocycles. The Balaban J connectivity index is 1.22. The number of ether oxygens (including phenoxy) is 4. The van der Waals surface area contributed by atoms with Gasteiger partial charge in [-0.05, 0) is 56.6 Å². The summed E-state index contributed by atoms with van der Waals surface area (Å²) in [7, 11) is 0. The molecule has 5 aliphatic rings. The summed E-state index contributed by atoms with van der Waals surface area (Å²) in [5.41, 5.74) is 6.51. The summed E-state index contributed by atoms with van der Waals surface area (Å²) in [5, 5.41) is 42.0. The van der Waals surface area contributed by atoms with Gasteiger partial charge in [0.05, 0.1) is 19.2 Å². The minimum absolute atomic E-state index is 0.170. The van der Waals surface area contributed by atoms with Crippen molar-refractivity contribution < 1.29 is 39.1 Å². The second-order valence-electron chi connectivity index (χ2n) is 12.4. The molecule has 0 spiro atoms. The van der Waals surface area contributed by atoms with Crippen molar-refractivity contribution in [3.05, 3.63) is 11.8 Å². The first-order valence-corrected chi connectivity index (χ1v) is 15.1. The molecular formula is C28H48N4O8. The van der Waals surface area contributed by atoms with Crippen LogP contribution < -0.4 is 21.7 Å². The molecule has 8 N–H and O–H groups in total. The van der Waals surface area contributed by atoms with Crippen molar-refractivity contribution >= 4 is 5.91 Å². The topological polar surface area (TPSA) is 177 Å². The minimum Gasteiger partial charge on any atom is -0.468 e. The second-order valence-corrected chi connectivity index (χ2v) is 12.4. The number of nitrogens with one attached hydrogen (secondary N) is 3. The van der Waals surface area contributed by atoms with Crippen molar-refractivity contribution in [2.45, 2.75) is 107 Å². The van der Waals surface area contributed by atoms with Crippen LogP contribution in [0.25, 0.3) is 0 Å². The first kappa shape index (κ1) is 30.1. The third-order valence-corrected chi connectivity index (χ3v) is 8.99. The summed E-state index contributed by atoms with van der Waals surface area (Å²) in [5.74, 6) is 1.03. The second kappa shape index (κ2) is 13.7. The highest BCUT2D eigenvalue weighted by Crippen LogP contribution is 2.31. The lowest BCUT2D eigenvalue weighted by Crippen LogP contribution is -2.67. The number of hydrogen-bond acceptors (Lipinski definition) is 11. The van der Waals surface area contributed by atoms with Gasteiger partial charge in [-0.1, -0.05) is 13.3 Å². The van der Waals surface area contributed by atoms with E-state index in [9.17, 15) is 20.1 Å². The van der Waals surface area contributed by atoms with Crippen LogP contribution in [0, 0.1) is 17.8 Å². The van der Waals surface area contributed by atoms with Crippen LogP contribution in [0.5, 0.6) is 0 Å². The largest absolute Gasteiger partial charge is 0.468 e. The molecule has 3 aliphatic heterocycles. The predicted octanol–water partition coefficient (Wildman–Crippen LogP) is -0.933. The lowest BCUT2D eigenvalue weighted by Gasteiger charge is -2.46. The van der Waals surface area contributed by atoms with Crippen molar-refractivity contribution in [1.82, 2.24) is 16.0 Å². The predicted molar refractivity (Wildman–Crippen MR) is 145 cm³/mol. The highest BCUT2D eigenvalue weighted by molar-refractivity contribution is 5.81. The van der Waals surface area contributed by atoms with Crippen LogP contribution in [0.1, 0.15) is 51.9 Å². The summed E-state index contributed by atoms with van der Waals surface area (Å²) >= 11 is 0. The van der Waals surface area contributed by atoms with Crippen molar-refractivity contribution in [3.63, 3.8) is 0 Å². The zero-order valence-corrected chi connectivity index (χ0v) is 23.5. The molecule has 1 unspecified atom stereocenters. The maximum atomic E-state index is 12.9. The standard InChI is InChI=1S/C28H48N4O8/c1-15-8-21(33)28(37-14-15)40-26-20(32-27(36)23(34)17-11-31-12-17)9-19(29)25(24(26)35)39-22-7-3-6-18(38-22)13-30-10-16-4-2-5-16/h6,15-17,19-26,28,30-31,33-35H,2-5,7-14,29H2,1H3,(H,32,36)/t15-,19-,20+,21+,22+,23?,24-,25+,26-,28+/m0/s1. The Kier molecular flexibility index (Phi) is 10.4. The van der Waals surface area contributed by atoms with E-state index in [4.69, 9.17) is 24.7 Å². The molecule has 1 amide bonds. The fourth-order valence-electron chi connectivity index (χ4n) is 6.14. The maximum Gasteiger partial charge on any atom is 0.249 e. The number of rotatable bonds is 11. The van der Waals surface area contributed by atoms with Crippen LogP contribution in [0.3, 0.4) is 0 Å². The fourth-order valence-corrected chi connectivity index (χ4v) is 6.14. The molecule has 12 heteroatoms. The Morgan fingerprint density at radius 2 is 2.00 bits per heavy atom. The van der Waals surface area contributed by atoms with E-state index in [-0.39, 0.29) is 18.3 Å². The van der Waals surface area contributed by atoms with E-state index in [1.165, 1.54) is 19.3 Å². The van der Waals surface area contributed by atoms with E-state index in [0.29, 0.717) is 39.1 Å². The van der Waals surface area contributed by atoms with Crippen LogP contribution in [0.4, 0.5) is 0 Å². The Labute approximate surface area is 236 Å². The third-order valence-electron chi connectivity index (χ3n) is 8.99. The summed E-state index contributed by atoms with van der Waals surface area (Å²) in [6.07, 6.45) is 1.44. The molecule has 2 saturated heterocycles. The van der Waals surface area contributed by atoms with E-state index >= 15 is 0 Å². The number of carbonyl (C=O) groups excluding carboxylic acids is 1. The summed E-state index contributed by atoms with van der Waals surface area (Å²) in [4.78, 5) is 12.9. The van der Waals surface area contributed by atoms with Crippen molar-refractivity contribution in [1.29, 1.82) is 0 Å². The number of allylic oxidation sites excluding steroid dienone is 1. The highest BCUT2D eigenvalue weighted by Gasteiger charge is 2.49. The van der Waals surface area contributed by atoms with E-state index in [2.05, 4.69) is 22.0 Å². The number of aliphatic hydroxyl groups is 3. The molecule has 228 valence electrons. The number of nitrogens with two attached hydrogens (primary N) is 1. The number of amides is 1. The van der Waals surface area contributed by atoms with Gasteiger partial charge in [-0.2, -0.15) is 0 Å². The van der Waals surface area contributed by atoms with Gasteiger partial charge in [0.25, 0.3) is 0 Å². The molecule has 2 saturated carbocycles. The number of hydrogen-bond donors (Lipinski definition) is 7. The zero-order chi connectivity index (χ0) is 28.2. The first-order chi connectivity index (χ1) is 19.3. The average Bonchev–Trinajstić information content (AvgIpc) is 2.86. The normalized spacial score (nSPS) is 39.8. The lowest BCUT2D eigenvalue weighted by molar-refractivity contribution is -0.282. The minimum atomic E-state index is -1.23. The van der Waals surface area contributed by atoms with E-state index < -0.39 is 61.1 Å². The molecule has 0 aromatic carbocycles. The van der Waals surface area contributed by atoms with Gasteiger partial charge in [-0.3, -0.25) is 4.79 Å². The SMILES string of the molecule is C[C@@H]1CO[C@H](O[C@@H]2[C@@H](O)[C@H](O[C@@H]3CCC=C(CNCC4CCC4)O3)[C@@H](N)C[C@H]2NC(=O)C(O)C2CNC2)[C@H](O)C1. The quantitative estimate of drug-likeness (QED) is 0.164. The highest BCUT2D eigenvalue weighted by atomic mass is 16.7.